The molecule has 1 atom stereocenters. The van der Waals surface area contributed by atoms with Gasteiger partial charge < -0.3 is 15.0 Å². The molecule has 1 aliphatic heterocycles. The molecular formula is C16H26N4O. The van der Waals surface area contributed by atoms with Crippen LogP contribution in [0.25, 0.3) is 0 Å². The number of pyridine rings is 1. The Bertz CT molecular complexity index is 435. The van der Waals surface area contributed by atoms with Gasteiger partial charge in [0.25, 0.3) is 0 Å². The van der Waals surface area contributed by atoms with E-state index in [4.69, 9.17) is 9.73 Å². The Morgan fingerprint density at radius 1 is 1.52 bits per heavy atom. The number of methoxy groups -OCH3 is 1. The van der Waals surface area contributed by atoms with E-state index in [1.165, 1.54) is 6.42 Å². The number of likely N-dealkylation sites (tertiary alicyclic amines) is 1. The van der Waals surface area contributed by atoms with Crippen LogP contribution in [-0.2, 0) is 11.2 Å². The monoisotopic (exact) mass is 290 g/mol. The number of nitrogens with one attached hydrogen (secondary N) is 1. The maximum Gasteiger partial charge on any atom is 0.193 e. The maximum atomic E-state index is 5.26. The molecule has 0 saturated carbocycles. The van der Waals surface area contributed by atoms with Gasteiger partial charge in [-0.3, -0.25) is 9.98 Å². The first-order valence-corrected chi connectivity index (χ1v) is 7.75. The van der Waals surface area contributed by atoms with E-state index < -0.39 is 0 Å². The van der Waals surface area contributed by atoms with E-state index in [1.54, 1.807) is 7.11 Å². The lowest BCUT2D eigenvalue weighted by Gasteiger charge is -2.21. The fourth-order valence-corrected chi connectivity index (χ4v) is 2.64. The van der Waals surface area contributed by atoms with Crippen LogP contribution in [0.2, 0.25) is 0 Å². The fourth-order valence-electron chi connectivity index (χ4n) is 2.64. The number of hydrogen-bond acceptors (Lipinski definition) is 3. The molecule has 0 bridgehead atoms. The van der Waals surface area contributed by atoms with Crippen molar-refractivity contribution in [2.24, 2.45) is 10.9 Å². The molecule has 0 amide bonds. The van der Waals surface area contributed by atoms with E-state index in [1.807, 2.05) is 24.4 Å². The second-order valence-corrected chi connectivity index (χ2v) is 5.36. The normalized spacial score (nSPS) is 19.0. The van der Waals surface area contributed by atoms with Crippen LogP contribution < -0.4 is 5.32 Å². The highest BCUT2D eigenvalue weighted by molar-refractivity contribution is 5.80. The van der Waals surface area contributed by atoms with Crippen molar-refractivity contribution in [2.45, 2.75) is 19.8 Å². The third-order valence-corrected chi connectivity index (χ3v) is 3.68. The van der Waals surface area contributed by atoms with Crippen LogP contribution in [0.15, 0.2) is 29.4 Å². The predicted octanol–water partition coefficient (Wildman–Crippen LogP) is 1.56. The van der Waals surface area contributed by atoms with Gasteiger partial charge in [0.05, 0.1) is 6.61 Å². The Hall–Kier alpha value is -1.62. The topological polar surface area (TPSA) is 49.8 Å². The lowest BCUT2D eigenvalue weighted by Crippen LogP contribution is -2.40. The average Bonchev–Trinajstić information content (AvgIpc) is 2.96. The molecule has 1 aromatic rings. The van der Waals surface area contributed by atoms with E-state index in [-0.39, 0.29) is 0 Å². The molecule has 1 aromatic heterocycles. The van der Waals surface area contributed by atoms with E-state index >= 15 is 0 Å². The van der Waals surface area contributed by atoms with Crippen molar-refractivity contribution in [3.63, 3.8) is 0 Å². The summed E-state index contributed by atoms with van der Waals surface area (Å²) in [6, 6.07) is 6.01. The van der Waals surface area contributed by atoms with Crippen molar-refractivity contribution in [1.29, 1.82) is 0 Å². The molecule has 1 fully saturated rings. The van der Waals surface area contributed by atoms with E-state index in [0.717, 1.165) is 50.9 Å². The summed E-state index contributed by atoms with van der Waals surface area (Å²) in [5, 5.41) is 3.39. The lowest BCUT2D eigenvalue weighted by atomic mass is 10.1. The molecule has 1 aliphatic rings. The van der Waals surface area contributed by atoms with Gasteiger partial charge in [0, 0.05) is 57.5 Å². The molecule has 0 aliphatic carbocycles. The first-order valence-electron chi connectivity index (χ1n) is 7.75. The summed E-state index contributed by atoms with van der Waals surface area (Å²) in [4.78, 5) is 11.4. The van der Waals surface area contributed by atoms with E-state index in [2.05, 4.69) is 22.1 Å². The minimum Gasteiger partial charge on any atom is -0.384 e. The molecule has 0 aromatic carbocycles. The molecule has 2 heterocycles. The molecule has 0 spiro atoms. The minimum absolute atomic E-state index is 0.620. The van der Waals surface area contributed by atoms with Crippen molar-refractivity contribution in [3.05, 3.63) is 30.1 Å². The summed E-state index contributed by atoms with van der Waals surface area (Å²) in [6.07, 6.45) is 3.89. The number of aliphatic imine (C=N–C) groups is 1. The zero-order valence-electron chi connectivity index (χ0n) is 13.1. The molecule has 5 nitrogen and oxygen atoms in total. The Morgan fingerprint density at radius 2 is 2.43 bits per heavy atom. The zero-order valence-corrected chi connectivity index (χ0v) is 13.1. The first kappa shape index (κ1) is 15.8. The van der Waals surface area contributed by atoms with Gasteiger partial charge in [0.15, 0.2) is 5.96 Å². The molecule has 2 rings (SSSR count). The molecule has 1 saturated heterocycles. The van der Waals surface area contributed by atoms with Crippen molar-refractivity contribution < 1.29 is 4.74 Å². The van der Waals surface area contributed by atoms with Crippen LogP contribution in [0.5, 0.6) is 0 Å². The highest BCUT2D eigenvalue weighted by atomic mass is 16.5. The minimum atomic E-state index is 0.620. The predicted molar refractivity (Wildman–Crippen MR) is 85.5 cm³/mol. The Labute approximate surface area is 127 Å². The number of guanidine groups is 1. The second-order valence-electron chi connectivity index (χ2n) is 5.36. The van der Waals surface area contributed by atoms with Gasteiger partial charge in [0.1, 0.15) is 0 Å². The molecular weight excluding hydrogens is 264 g/mol. The van der Waals surface area contributed by atoms with Gasteiger partial charge >= 0.3 is 0 Å². The molecule has 1 N–H and O–H groups in total. The van der Waals surface area contributed by atoms with Crippen LogP contribution in [-0.4, -0.2) is 55.7 Å². The Morgan fingerprint density at radius 3 is 3.14 bits per heavy atom. The largest absolute Gasteiger partial charge is 0.384 e. The maximum absolute atomic E-state index is 5.26. The van der Waals surface area contributed by atoms with Crippen LogP contribution in [0.3, 0.4) is 0 Å². The summed E-state index contributed by atoms with van der Waals surface area (Å²) in [7, 11) is 1.77. The smallest absolute Gasteiger partial charge is 0.193 e. The van der Waals surface area contributed by atoms with Crippen LogP contribution >= 0.6 is 0 Å². The van der Waals surface area contributed by atoms with Gasteiger partial charge in [-0.2, -0.15) is 0 Å². The number of hydrogen-bond donors (Lipinski definition) is 1. The van der Waals surface area contributed by atoms with Gasteiger partial charge in [-0.1, -0.05) is 6.07 Å². The van der Waals surface area contributed by atoms with Gasteiger partial charge in [-0.05, 0) is 25.5 Å². The fraction of sp³-hybridized carbons (Fsp3) is 0.625. The highest BCUT2D eigenvalue weighted by Crippen LogP contribution is 2.16. The number of nitrogens with zero attached hydrogens (tertiary/aromatic N) is 3. The Kier molecular flexibility index (Phi) is 6.47. The Balaban J connectivity index is 1.87. The van der Waals surface area contributed by atoms with Gasteiger partial charge in [-0.15, -0.1) is 0 Å². The molecule has 116 valence electrons. The summed E-state index contributed by atoms with van der Waals surface area (Å²) >= 11 is 0. The zero-order chi connectivity index (χ0) is 14.9. The second kappa shape index (κ2) is 8.62. The average molecular weight is 290 g/mol. The van der Waals surface area contributed by atoms with E-state index in [0.29, 0.717) is 5.92 Å². The number of ether oxygens (including phenoxy) is 1. The van der Waals surface area contributed by atoms with Gasteiger partial charge in [0.2, 0.25) is 0 Å². The van der Waals surface area contributed by atoms with Crippen LogP contribution in [0.1, 0.15) is 19.0 Å². The quantitative estimate of drug-likeness (QED) is 0.638. The van der Waals surface area contributed by atoms with Crippen molar-refractivity contribution in [1.82, 2.24) is 15.2 Å². The van der Waals surface area contributed by atoms with Crippen LogP contribution in [0, 0.1) is 5.92 Å². The summed E-state index contributed by atoms with van der Waals surface area (Å²) in [6.45, 7) is 6.70. The third kappa shape index (κ3) is 5.01. The molecule has 0 radical (unpaired) electrons. The SMILES string of the molecule is CCNC(=NCCc1ccccn1)N1CCC(COC)C1. The highest BCUT2D eigenvalue weighted by Gasteiger charge is 2.24. The number of rotatable bonds is 6. The third-order valence-electron chi connectivity index (χ3n) is 3.68. The van der Waals surface area contributed by atoms with Gasteiger partial charge in [-0.25, -0.2) is 0 Å². The standard InChI is InChI=1S/C16H26N4O/c1-3-17-16(20-11-8-14(12-20)13-21-2)19-10-7-15-6-4-5-9-18-15/h4-6,9,14H,3,7-8,10-13H2,1-2H3,(H,17,19). The van der Waals surface area contributed by atoms with Crippen molar-refractivity contribution in [3.8, 4) is 0 Å². The summed E-state index contributed by atoms with van der Waals surface area (Å²) in [5.74, 6) is 1.64. The number of aromatic nitrogens is 1. The lowest BCUT2D eigenvalue weighted by molar-refractivity contribution is 0.157. The first-order chi connectivity index (χ1) is 10.3. The van der Waals surface area contributed by atoms with E-state index in [9.17, 15) is 0 Å². The molecule has 5 heteroatoms. The van der Waals surface area contributed by atoms with Crippen molar-refractivity contribution in [2.75, 3.05) is 39.9 Å². The molecule has 21 heavy (non-hydrogen) atoms. The summed E-state index contributed by atoms with van der Waals surface area (Å²) in [5.41, 5.74) is 1.09. The van der Waals surface area contributed by atoms with Crippen molar-refractivity contribution >= 4 is 5.96 Å². The molecule has 1 unspecified atom stereocenters. The van der Waals surface area contributed by atoms with Crippen LogP contribution in [0.4, 0.5) is 0 Å². The summed E-state index contributed by atoms with van der Waals surface area (Å²) < 4.78 is 5.26.